The van der Waals surface area contributed by atoms with Gasteiger partial charge in [0, 0.05) is 0 Å². The van der Waals surface area contributed by atoms with Crippen LogP contribution in [-0.2, 0) is 0 Å². The molecule has 0 rings (SSSR count). The van der Waals surface area contributed by atoms with Crippen molar-refractivity contribution in [1.82, 2.24) is 10.6 Å². The molecule has 2 nitrogen and oxygen atoms in total. The van der Waals surface area contributed by atoms with E-state index in [1.807, 2.05) is 7.05 Å². The van der Waals surface area contributed by atoms with Gasteiger partial charge in [0.25, 0.3) is 0 Å². The van der Waals surface area contributed by atoms with Gasteiger partial charge in [-0.1, -0.05) is 19.8 Å². The molecule has 0 saturated carbocycles. The Balaban J connectivity index is 2.73. The molecule has 2 N–H and O–H groups in total. The summed E-state index contributed by atoms with van der Waals surface area (Å²) in [4.78, 5) is 0. The van der Waals surface area contributed by atoms with Crippen LogP contribution >= 0.6 is 0 Å². The third-order valence-electron chi connectivity index (χ3n) is 1.96. The second-order valence-corrected chi connectivity index (χ2v) is 3.27. The minimum absolute atomic E-state index is 1.17. The number of hydrogen-bond donors (Lipinski definition) is 2. The van der Waals surface area contributed by atoms with E-state index in [1.165, 1.54) is 51.7 Å². The van der Waals surface area contributed by atoms with Gasteiger partial charge >= 0.3 is 0 Å². The van der Waals surface area contributed by atoms with Gasteiger partial charge < -0.3 is 10.6 Å². The molecule has 0 saturated heterocycles. The van der Waals surface area contributed by atoms with Gasteiger partial charge in [-0.05, 0) is 45.9 Å². The highest BCUT2D eigenvalue weighted by Crippen LogP contribution is 1.97. The van der Waals surface area contributed by atoms with Crippen molar-refractivity contribution < 1.29 is 0 Å². The largest absolute Gasteiger partial charge is 0.320 e. The minimum atomic E-state index is 1.17. The molecule has 0 amide bonds. The molecule has 0 aliphatic rings. The smallest absolute Gasteiger partial charge is 0.00489 e. The summed E-state index contributed by atoms with van der Waals surface area (Å²) in [6, 6.07) is 0. The number of hydrogen-bond acceptors (Lipinski definition) is 2. The average molecular weight is 172 g/mol. The summed E-state index contributed by atoms with van der Waals surface area (Å²) >= 11 is 0. The van der Waals surface area contributed by atoms with Crippen LogP contribution in [0.1, 0.15) is 39.0 Å². The van der Waals surface area contributed by atoms with Gasteiger partial charge in [-0.2, -0.15) is 0 Å². The Morgan fingerprint density at radius 3 is 2.08 bits per heavy atom. The van der Waals surface area contributed by atoms with E-state index in [4.69, 9.17) is 0 Å². The van der Waals surface area contributed by atoms with Gasteiger partial charge in [0.2, 0.25) is 0 Å². The van der Waals surface area contributed by atoms with Gasteiger partial charge in [-0.25, -0.2) is 0 Å². The monoisotopic (exact) mass is 172 g/mol. The predicted molar refractivity (Wildman–Crippen MR) is 55.6 cm³/mol. The van der Waals surface area contributed by atoms with Crippen LogP contribution in [0.4, 0.5) is 0 Å². The SMILES string of the molecule is CCCNCCCCCCNC. The molecule has 0 heterocycles. The predicted octanol–water partition coefficient (Wildman–Crippen LogP) is 1.77. The Labute approximate surface area is 77.1 Å². The van der Waals surface area contributed by atoms with Crippen molar-refractivity contribution in [2.75, 3.05) is 26.7 Å². The summed E-state index contributed by atoms with van der Waals surface area (Å²) in [5.41, 5.74) is 0. The summed E-state index contributed by atoms with van der Waals surface area (Å²) < 4.78 is 0. The fraction of sp³-hybridized carbons (Fsp3) is 1.00. The van der Waals surface area contributed by atoms with Crippen LogP contribution in [0.5, 0.6) is 0 Å². The quantitative estimate of drug-likeness (QED) is 0.518. The summed E-state index contributed by atoms with van der Waals surface area (Å²) in [6.07, 6.45) is 6.65. The number of nitrogens with one attached hydrogen (secondary N) is 2. The minimum Gasteiger partial charge on any atom is -0.320 e. The highest BCUT2D eigenvalue weighted by atomic mass is 14.8. The summed E-state index contributed by atoms with van der Waals surface area (Å²) in [5.74, 6) is 0. The maximum Gasteiger partial charge on any atom is -0.00489 e. The molecule has 74 valence electrons. The van der Waals surface area contributed by atoms with E-state index in [0.29, 0.717) is 0 Å². The van der Waals surface area contributed by atoms with Gasteiger partial charge in [0.1, 0.15) is 0 Å². The fourth-order valence-corrected chi connectivity index (χ4v) is 1.21. The van der Waals surface area contributed by atoms with Gasteiger partial charge in [-0.3, -0.25) is 0 Å². The van der Waals surface area contributed by atoms with E-state index in [0.717, 1.165) is 0 Å². The average Bonchev–Trinajstić information content (AvgIpc) is 2.10. The molecule has 0 bridgehead atoms. The Morgan fingerprint density at radius 2 is 1.50 bits per heavy atom. The summed E-state index contributed by atoms with van der Waals surface area (Å²) in [6.45, 7) is 5.76. The number of rotatable bonds is 9. The molecule has 0 spiro atoms. The first kappa shape index (κ1) is 11.9. The molecule has 0 aliphatic heterocycles. The normalized spacial score (nSPS) is 10.5. The van der Waals surface area contributed by atoms with Gasteiger partial charge in [-0.15, -0.1) is 0 Å². The van der Waals surface area contributed by atoms with E-state index >= 15 is 0 Å². The topological polar surface area (TPSA) is 24.1 Å². The standard InChI is InChI=1S/C10H24N2/c1-3-8-12-10-7-5-4-6-9-11-2/h11-12H,3-10H2,1-2H3. The van der Waals surface area contributed by atoms with Crippen LogP contribution < -0.4 is 10.6 Å². The lowest BCUT2D eigenvalue weighted by atomic mass is 10.2. The van der Waals surface area contributed by atoms with E-state index in [-0.39, 0.29) is 0 Å². The Hall–Kier alpha value is -0.0800. The molecule has 2 heteroatoms. The maximum atomic E-state index is 3.41. The van der Waals surface area contributed by atoms with Crippen molar-refractivity contribution in [3.8, 4) is 0 Å². The van der Waals surface area contributed by atoms with Gasteiger partial charge in [0.05, 0.1) is 0 Å². The van der Waals surface area contributed by atoms with Crippen molar-refractivity contribution in [3.63, 3.8) is 0 Å². The third kappa shape index (κ3) is 9.92. The van der Waals surface area contributed by atoms with E-state index in [1.54, 1.807) is 0 Å². The molecule has 0 aromatic carbocycles. The molecule has 0 aromatic heterocycles. The zero-order chi connectivity index (χ0) is 9.07. The molecule has 0 aromatic rings. The Kier molecular flexibility index (Phi) is 10.8. The van der Waals surface area contributed by atoms with Crippen LogP contribution in [-0.4, -0.2) is 26.7 Å². The number of unbranched alkanes of at least 4 members (excludes halogenated alkanes) is 3. The van der Waals surface area contributed by atoms with Crippen molar-refractivity contribution in [2.24, 2.45) is 0 Å². The van der Waals surface area contributed by atoms with E-state index < -0.39 is 0 Å². The lowest BCUT2D eigenvalue weighted by Gasteiger charge is -2.02. The third-order valence-corrected chi connectivity index (χ3v) is 1.96. The molecule has 0 fully saturated rings. The second kappa shape index (κ2) is 10.9. The van der Waals surface area contributed by atoms with Crippen molar-refractivity contribution in [1.29, 1.82) is 0 Å². The molecule has 0 aliphatic carbocycles. The lowest BCUT2D eigenvalue weighted by Crippen LogP contribution is -2.15. The zero-order valence-corrected chi connectivity index (χ0v) is 8.66. The molecule has 0 radical (unpaired) electrons. The molecule has 12 heavy (non-hydrogen) atoms. The van der Waals surface area contributed by atoms with Crippen molar-refractivity contribution >= 4 is 0 Å². The van der Waals surface area contributed by atoms with Crippen LogP contribution in [0, 0.1) is 0 Å². The van der Waals surface area contributed by atoms with Crippen LogP contribution in [0.25, 0.3) is 0 Å². The fourth-order valence-electron chi connectivity index (χ4n) is 1.21. The molecule has 0 unspecified atom stereocenters. The first-order valence-electron chi connectivity index (χ1n) is 5.27. The van der Waals surface area contributed by atoms with Crippen molar-refractivity contribution in [2.45, 2.75) is 39.0 Å². The molecular formula is C10H24N2. The Morgan fingerprint density at radius 1 is 0.833 bits per heavy atom. The summed E-state index contributed by atoms with van der Waals surface area (Å²) in [5, 5.41) is 6.57. The van der Waals surface area contributed by atoms with Crippen molar-refractivity contribution in [3.05, 3.63) is 0 Å². The van der Waals surface area contributed by atoms with Crippen LogP contribution in [0.15, 0.2) is 0 Å². The lowest BCUT2D eigenvalue weighted by molar-refractivity contribution is 0.576. The first-order chi connectivity index (χ1) is 5.91. The molecular weight excluding hydrogens is 148 g/mol. The van der Waals surface area contributed by atoms with E-state index in [2.05, 4.69) is 17.6 Å². The zero-order valence-electron chi connectivity index (χ0n) is 8.66. The van der Waals surface area contributed by atoms with Crippen LogP contribution in [0.3, 0.4) is 0 Å². The van der Waals surface area contributed by atoms with Gasteiger partial charge in [0.15, 0.2) is 0 Å². The Bertz CT molecular complexity index is 64.2. The first-order valence-corrected chi connectivity index (χ1v) is 5.27. The highest BCUT2D eigenvalue weighted by molar-refractivity contribution is 4.49. The second-order valence-electron chi connectivity index (χ2n) is 3.27. The molecule has 0 atom stereocenters. The van der Waals surface area contributed by atoms with E-state index in [9.17, 15) is 0 Å². The maximum absolute atomic E-state index is 3.41. The highest BCUT2D eigenvalue weighted by Gasteiger charge is 1.88. The summed E-state index contributed by atoms with van der Waals surface area (Å²) in [7, 11) is 2.02. The van der Waals surface area contributed by atoms with Crippen LogP contribution in [0.2, 0.25) is 0 Å².